The minimum atomic E-state index is -0.310. The number of imide groups is 1. The summed E-state index contributed by atoms with van der Waals surface area (Å²) in [4.78, 5) is 39.5. The topological polar surface area (TPSA) is 84.9 Å². The lowest BCUT2D eigenvalue weighted by atomic mass is 10.1. The Morgan fingerprint density at radius 3 is 2.45 bits per heavy atom. The Balaban J connectivity index is 1.42. The van der Waals surface area contributed by atoms with Gasteiger partial charge < -0.3 is 14.8 Å². The molecule has 3 amide bonds. The van der Waals surface area contributed by atoms with Crippen molar-refractivity contribution in [1.29, 1.82) is 0 Å². The van der Waals surface area contributed by atoms with E-state index in [9.17, 15) is 14.4 Å². The molecule has 1 N–H and O–H groups in total. The molecule has 9 heteroatoms. The number of hydrogen-bond acceptors (Lipinski definition) is 6. The predicted molar refractivity (Wildman–Crippen MR) is 153 cm³/mol. The average Bonchev–Trinajstić information content (AvgIpc) is 3.17. The zero-order chi connectivity index (χ0) is 26.9. The number of carbonyl (C=O) groups excluding carboxylic acids is 3. The maximum atomic E-state index is 13.0. The van der Waals surface area contributed by atoms with Crippen LogP contribution in [0.1, 0.15) is 24.5 Å². The molecule has 1 fully saturated rings. The molecule has 1 heterocycles. The molecule has 3 aromatic rings. The number of carbonyl (C=O) groups is 3. The van der Waals surface area contributed by atoms with Gasteiger partial charge in [-0.05, 0) is 88.9 Å². The highest BCUT2D eigenvalue weighted by Gasteiger charge is 2.34. The molecular formula is C29H27BrN2O5S. The minimum absolute atomic E-state index is 0.214. The molecule has 0 radical (unpaired) electrons. The molecule has 0 bridgehead atoms. The van der Waals surface area contributed by atoms with E-state index < -0.39 is 0 Å². The summed E-state index contributed by atoms with van der Waals surface area (Å²) in [5.74, 6) is 0.180. The van der Waals surface area contributed by atoms with Crippen molar-refractivity contribution in [1.82, 2.24) is 4.90 Å². The smallest absolute Gasteiger partial charge is 0.293 e. The van der Waals surface area contributed by atoms with Gasteiger partial charge in [0.2, 0.25) is 0 Å². The number of para-hydroxylation sites is 1. The highest BCUT2D eigenvalue weighted by atomic mass is 79.9. The van der Waals surface area contributed by atoms with Crippen LogP contribution >= 0.6 is 27.7 Å². The fraction of sp³-hybridized carbons (Fsp3) is 0.207. The molecule has 3 aromatic carbocycles. The SMILES string of the molecule is CCOc1cc(/C=C2/SC(=O)N(CCCc3ccccc3)C2=O)cc(Br)c1OCC(=O)Nc1ccccc1. The Morgan fingerprint density at radius 2 is 1.74 bits per heavy atom. The molecule has 0 atom stereocenters. The number of nitrogens with one attached hydrogen (secondary N) is 1. The fourth-order valence-corrected chi connectivity index (χ4v) is 5.30. The van der Waals surface area contributed by atoms with Crippen LogP contribution in [0, 0.1) is 0 Å². The van der Waals surface area contributed by atoms with Gasteiger partial charge in [0.1, 0.15) is 0 Å². The van der Waals surface area contributed by atoms with Crippen molar-refractivity contribution in [2.45, 2.75) is 19.8 Å². The first-order valence-electron chi connectivity index (χ1n) is 12.2. The van der Waals surface area contributed by atoms with Gasteiger partial charge in [-0.15, -0.1) is 0 Å². The van der Waals surface area contributed by atoms with Crippen LogP contribution < -0.4 is 14.8 Å². The number of benzene rings is 3. The first-order valence-corrected chi connectivity index (χ1v) is 13.8. The number of thioether (sulfide) groups is 1. The Hall–Kier alpha value is -3.56. The van der Waals surface area contributed by atoms with Crippen molar-refractivity contribution >= 4 is 56.5 Å². The molecule has 1 aliphatic rings. The number of ether oxygens (including phenoxy) is 2. The van der Waals surface area contributed by atoms with Gasteiger partial charge in [0, 0.05) is 12.2 Å². The van der Waals surface area contributed by atoms with E-state index in [1.807, 2.05) is 55.5 Å². The van der Waals surface area contributed by atoms with Gasteiger partial charge in [-0.25, -0.2) is 0 Å². The summed E-state index contributed by atoms with van der Waals surface area (Å²) in [6.07, 6.45) is 3.15. The summed E-state index contributed by atoms with van der Waals surface area (Å²) in [7, 11) is 0. The quantitative estimate of drug-likeness (QED) is 0.254. The molecular weight excluding hydrogens is 568 g/mol. The molecule has 4 rings (SSSR count). The first kappa shape index (κ1) is 27.5. The maximum absolute atomic E-state index is 13.0. The van der Waals surface area contributed by atoms with E-state index in [1.54, 1.807) is 30.3 Å². The number of rotatable bonds is 11. The molecule has 0 unspecified atom stereocenters. The molecule has 7 nitrogen and oxygen atoms in total. The number of nitrogens with zero attached hydrogens (tertiary/aromatic N) is 1. The van der Waals surface area contributed by atoms with Gasteiger partial charge in [-0.2, -0.15) is 0 Å². The standard InChI is InChI=1S/C29H27BrN2O5S/c1-2-36-24-17-21(16-23(30)27(24)37-19-26(33)31-22-13-7-4-8-14-22)18-25-28(34)32(29(35)38-25)15-9-12-20-10-5-3-6-11-20/h3-8,10-11,13-14,16-18H,2,9,12,15,19H2,1H3,(H,31,33)/b25-18+. The van der Waals surface area contributed by atoms with Crippen molar-refractivity contribution in [3.05, 3.63) is 93.3 Å². The molecule has 1 saturated heterocycles. The Labute approximate surface area is 234 Å². The summed E-state index contributed by atoms with van der Waals surface area (Å²) >= 11 is 4.42. The summed E-state index contributed by atoms with van der Waals surface area (Å²) in [6.45, 7) is 2.37. The van der Waals surface area contributed by atoms with Crippen LogP contribution in [0.3, 0.4) is 0 Å². The predicted octanol–water partition coefficient (Wildman–Crippen LogP) is 6.53. The van der Waals surface area contributed by atoms with Gasteiger partial charge in [-0.3, -0.25) is 19.3 Å². The van der Waals surface area contributed by atoms with E-state index in [4.69, 9.17) is 9.47 Å². The van der Waals surface area contributed by atoms with E-state index >= 15 is 0 Å². The third-order valence-electron chi connectivity index (χ3n) is 5.60. The first-order chi connectivity index (χ1) is 18.4. The second kappa shape index (κ2) is 13.3. The molecule has 1 aliphatic heterocycles. The van der Waals surface area contributed by atoms with Gasteiger partial charge in [0.25, 0.3) is 17.1 Å². The number of amides is 3. The van der Waals surface area contributed by atoms with Crippen molar-refractivity contribution < 1.29 is 23.9 Å². The van der Waals surface area contributed by atoms with E-state index in [2.05, 4.69) is 21.2 Å². The van der Waals surface area contributed by atoms with E-state index in [1.165, 1.54) is 10.5 Å². The fourth-order valence-electron chi connectivity index (χ4n) is 3.86. The van der Waals surface area contributed by atoms with Gasteiger partial charge >= 0.3 is 0 Å². The summed E-state index contributed by atoms with van der Waals surface area (Å²) in [5, 5.41) is 2.50. The minimum Gasteiger partial charge on any atom is -0.490 e. The van der Waals surface area contributed by atoms with Crippen LogP contribution in [-0.4, -0.2) is 41.7 Å². The van der Waals surface area contributed by atoms with Crippen molar-refractivity contribution in [3.8, 4) is 11.5 Å². The number of anilines is 1. The monoisotopic (exact) mass is 594 g/mol. The zero-order valence-electron chi connectivity index (χ0n) is 20.8. The lowest BCUT2D eigenvalue weighted by Gasteiger charge is -2.15. The van der Waals surface area contributed by atoms with Gasteiger partial charge in [0.15, 0.2) is 18.1 Å². The average molecular weight is 596 g/mol. The normalized spacial score (nSPS) is 14.2. The summed E-state index contributed by atoms with van der Waals surface area (Å²) in [5.41, 5.74) is 2.51. The third kappa shape index (κ3) is 7.26. The van der Waals surface area contributed by atoms with Crippen LogP contribution in [-0.2, 0) is 16.0 Å². The van der Waals surface area contributed by atoms with Crippen LogP contribution in [0.25, 0.3) is 6.08 Å². The lowest BCUT2D eigenvalue weighted by molar-refractivity contribution is -0.122. The third-order valence-corrected chi connectivity index (χ3v) is 7.09. The van der Waals surface area contributed by atoms with Crippen molar-refractivity contribution in [3.63, 3.8) is 0 Å². The molecule has 0 aliphatic carbocycles. The van der Waals surface area contributed by atoms with E-state index in [-0.39, 0.29) is 23.7 Å². The summed E-state index contributed by atoms with van der Waals surface area (Å²) < 4.78 is 12.1. The number of aryl methyl sites for hydroxylation is 1. The van der Waals surface area contributed by atoms with Gasteiger partial charge in [-0.1, -0.05) is 48.5 Å². The van der Waals surface area contributed by atoms with E-state index in [0.717, 1.165) is 18.2 Å². The van der Waals surface area contributed by atoms with Crippen LogP contribution in [0.5, 0.6) is 11.5 Å². The highest BCUT2D eigenvalue weighted by Crippen LogP contribution is 2.39. The largest absolute Gasteiger partial charge is 0.490 e. The molecule has 196 valence electrons. The second-order valence-corrected chi connectivity index (χ2v) is 10.2. The van der Waals surface area contributed by atoms with E-state index in [0.29, 0.717) is 51.7 Å². The summed E-state index contributed by atoms with van der Waals surface area (Å²) in [6, 6.07) is 22.6. The molecule has 0 spiro atoms. The van der Waals surface area contributed by atoms with Crippen molar-refractivity contribution in [2.24, 2.45) is 0 Å². The van der Waals surface area contributed by atoms with Crippen LogP contribution in [0.2, 0.25) is 0 Å². The maximum Gasteiger partial charge on any atom is 0.293 e. The Bertz CT molecular complexity index is 1330. The van der Waals surface area contributed by atoms with Crippen molar-refractivity contribution in [2.75, 3.05) is 25.1 Å². The van der Waals surface area contributed by atoms with Crippen LogP contribution in [0.4, 0.5) is 10.5 Å². The Kier molecular flexibility index (Phi) is 9.62. The second-order valence-electron chi connectivity index (χ2n) is 8.39. The van der Waals surface area contributed by atoms with Crippen LogP contribution in [0.15, 0.2) is 82.2 Å². The highest BCUT2D eigenvalue weighted by molar-refractivity contribution is 9.10. The zero-order valence-corrected chi connectivity index (χ0v) is 23.2. The molecule has 0 saturated carbocycles. The molecule has 38 heavy (non-hydrogen) atoms. The Morgan fingerprint density at radius 1 is 1.03 bits per heavy atom. The van der Waals surface area contributed by atoms with Gasteiger partial charge in [0.05, 0.1) is 16.0 Å². The number of halogens is 1. The lowest BCUT2D eigenvalue weighted by Crippen LogP contribution is -2.29. The number of hydrogen-bond donors (Lipinski definition) is 1. The molecule has 0 aromatic heterocycles.